The minimum absolute atomic E-state index is 0.0519. The fraction of sp³-hybridized carbons (Fsp3) is 0.583. The maximum atomic E-state index is 11.8. The van der Waals surface area contributed by atoms with Gasteiger partial charge in [0.15, 0.2) is 0 Å². The van der Waals surface area contributed by atoms with E-state index in [2.05, 4.69) is 32.3 Å². The third kappa shape index (κ3) is 3.09. The molecular weight excluding hydrogens is 302 g/mol. The Labute approximate surface area is 114 Å². The van der Waals surface area contributed by atoms with E-state index in [0.29, 0.717) is 6.61 Å². The van der Waals surface area contributed by atoms with Gasteiger partial charge in [-0.1, -0.05) is 0 Å². The quantitative estimate of drug-likeness (QED) is 0.799. The molecule has 0 N–H and O–H groups in total. The number of hydrogen-bond donors (Lipinski definition) is 0. The first-order valence-corrected chi connectivity index (χ1v) is 7.52. The van der Waals surface area contributed by atoms with Crippen molar-refractivity contribution in [2.24, 2.45) is 0 Å². The fourth-order valence-corrected chi connectivity index (χ4v) is 3.65. The van der Waals surface area contributed by atoms with Crippen LogP contribution in [0, 0.1) is 0 Å². The van der Waals surface area contributed by atoms with Crippen LogP contribution in [0.3, 0.4) is 0 Å². The van der Waals surface area contributed by atoms with Gasteiger partial charge >= 0.3 is 5.97 Å². The molecule has 0 aromatic carbocycles. The molecule has 2 heterocycles. The molecule has 17 heavy (non-hydrogen) atoms. The van der Waals surface area contributed by atoms with Crippen molar-refractivity contribution in [1.82, 2.24) is 4.90 Å². The SMILES string of the molecule is CCOC(=O)C1CCCN1Cc1sccc1Br. The van der Waals surface area contributed by atoms with Crippen LogP contribution in [0.15, 0.2) is 15.9 Å². The minimum atomic E-state index is -0.0716. The average Bonchev–Trinajstić information content (AvgIpc) is 2.90. The first-order chi connectivity index (χ1) is 8.22. The van der Waals surface area contributed by atoms with Gasteiger partial charge in [0.05, 0.1) is 6.61 Å². The maximum absolute atomic E-state index is 11.8. The Morgan fingerprint density at radius 1 is 1.71 bits per heavy atom. The summed E-state index contributed by atoms with van der Waals surface area (Å²) in [6.07, 6.45) is 1.99. The van der Waals surface area contributed by atoms with E-state index >= 15 is 0 Å². The number of carbonyl (C=O) groups excluding carboxylic acids is 1. The van der Waals surface area contributed by atoms with Gasteiger partial charge in [0, 0.05) is 15.9 Å². The van der Waals surface area contributed by atoms with Crippen molar-refractivity contribution in [3.05, 3.63) is 20.8 Å². The van der Waals surface area contributed by atoms with Crippen molar-refractivity contribution < 1.29 is 9.53 Å². The molecule has 1 aliphatic heterocycles. The number of thiophene rings is 1. The summed E-state index contributed by atoms with van der Waals surface area (Å²) in [6.45, 7) is 4.13. The van der Waals surface area contributed by atoms with Crippen molar-refractivity contribution >= 4 is 33.2 Å². The van der Waals surface area contributed by atoms with Gasteiger partial charge in [-0.25, -0.2) is 0 Å². The van der Waals surface area contributed by atoms with Gasteiger partial charge in [0.25, 0.3) is 0 Å². The van der Waals surface area contributed by atoms with Crippen LogP contribution in [0.2, 0.25) is 0 Å². The zero-order valence-corrected chi connectivity index (χ0v) is 12.2. The van der Waals surface area contributed by atoms with Crippen LogP contribution in [0.5, 0.6) is 0 Å². The Hall–Kier alpha value is -0.390. The van der Waals surface area contributed by atoms with E-state index in [-0.39, 0.29) is 12.0 Å². The third-order valence-corrected chi connectivity index (χ3v) is 4.87. The molecule has 0 amide bonds. The van der Waals surface area contributed by atoms with E-state index in [0.717, 1.165) is 30.4 Å². The van der Waals surface area contributed by atoms with Gasteiger partial charge < -0.3 is 4.74 Å². The van der Waals surface area contributed by atoms with Crippen LogP contribution in [0.25, 0.3) is 0 Å². The summed E-state index contributed by atoms with van der Waals surface area (Å²) in [4.78, 5) is 15.3. The summed E-state index contributed by atoms with van der Waals surface area (Å²) < 4.78 is 6.25. The van der Waals surface area contributed by atoms with E-state index in [4.69, 9.17) is 4.74 Å². The van der Waals surface area contributed by atoms with Crippen LogP contribution in [0.4, 0.5) is 0 Å². The maximum Gasteiger partial charge on any atom is 0.323 e. The van der Waals surface area contributed by atoms with Crippen LogP contribution in [-0.4, -0.2) is 30.1 Å². The second-order valence-corrected chi connectivity index (χ2v) is 5.93. The fourth-order valence-electron chi connectivity index (χ4n) is 2.14. The predicted octanol–water partition coefficient (Wildman–Crippen LogP) is 3.04. The second-order valence-electron chi connectivity index (χ2n) is 4.07. The summed E-state index contributed by atoms with van der Waals surface area (Å²) in [5.74, 6) is -0.0716. The summed E-state index contributed by atoms with van der Waals surface area (Å²) in [7, 11) is 0. The predicted molar refractivity (Wildman–Crippen MR) is 72.1 cm³/mol. The van der Waals surface area contributed by atoms with Crippen molar-refractivity contribution in [3.8, 4) is 0 Å². The number of hydrogen-bond acceptors (Lipinski definition) is 4. The Bertz CT molecular complexity index is 394. The molecule has 94 valence electrons. The molecule has 3 nitrogen and oxygen atoms in total. The molecule has 0 bridgehead atoms. The van der Waals surface area contributed by atoms with E-state index < -0.39 is 0 Å². The molecule has 2 rings (SSSR count). The Morgan fingerprint density at radius 3 is 3.18 bits per heavy atom. The zero-order valence-electron chi connectivity index (χ0n) is 9.82. The number of halogens is 1. The summed E-state index contributed by atoms with van der Waals surface area (Å²) in [6, 6.07) is 2.00. The number of likely N-dealkylation sites (tertiary alicyclic amines) is 1. The van der Waals surface area contributed by atoms with Crippen molar-refractivity contribution in [3.63, 3.8) is 0 Å². The summed E-state index contributed by atoms with van der Waals surface area (Å²) in [5, 5.41) is 2.06. The van der Waals surface area contributed by atoms with Gasteiger partial charge in [-0.3, -0.25) is 9.69 Å². The molecule has 1 fully saturated rings. The third-order valence-electron chi connectivity index (χ3n) is 2.96. The summed E-state index contributed by atoms with van der Waals surface area (Å²) >= 11 is 5.25. The molecule has 1 atom stereocenters. The minimum Gasteiger partial charge on any atom is -0.465 e. The van der Waals surface area contributed by atoms with Crippen LogP contribution in [-0.2, 0) is 16.1 Å². The Morgan fingerprint density at radius 2 is 2.53 bits per heavy atom. The van der Waals surface area contributed by atoms with Crippen LogP contribution < -0.4 is 0 Å². The van der Waals surface area contributed by atoms with E-state index in [9.17, 15) is 4.79 Å². The molecule has 1 aromatic rings. The lowest BCUT2D eigenvalue weighted by molar-refractivity contribution is -0.148. The smallest absolute Gasteiger partial charge is 0.323 e. The second kappa shape index (κ2) is 5.98. The van der Waals surface area contributed by atoms with Crippen molar-refractivity contribution in [2.75, 3.05) is 13.2 Å². The number of ether oxygens (including phenoxy) is 1. The topological polar surface area (TPSA) is 29.5 Å². The molecule has 5 heteroatoms. The van der Waals surface area contributed by atoms with Gasteiger partial charge in [-0.2, -0.15) is 0 Å². The molecular formula is C12H16BrNO2S. The standard InChI is InChI=1S/C12H16BrNO2S/c1-2-16-12(15)10-4-3-6-14(10)8-11-9(13)5-7-17-11/h5,7,10H,2-4,6,8H2,1H3. The largest absolute Gasteiger partial charge is 0.465 e. The summed E-state index contributed by atoms with van der Waals surface area (Å²) in [5.41, 5.74) is 0. The molecule has 0 radical (unpaired) electrons. The highest BCUT2D eigenvalue weighted by atomic mass is 79.9. The first-order valence-electron chi connectivity index (χ1n) is 5.85. The molecule has 1 saturated heterocycles. The lowest BCUT2D eigenvalue weighted by Gasteiger charge is -2.22. The van der Waals surface area contributed by atoms with Gasteiger partial charge in [-0.05, 0) is 53.7 Å². The highest BCUT2D eigenvalue weighted by Crippen LogP contribution is 2.28. The number of rotatable bonds is 4. The molecule has 0 spiro atoms. The Balaban J connectivity index is 2.00. The van der Waals surface area contributed by atoms with E-state index in [1.54, 1.807) is 11.3 Å². The molecule has 0 aliphatic carbocycles. The molecule has 1 unspecified atom stereocenters. The zero-order chi connectivity index (χ0) is 12.3. The van der Waals surface area contributed by atoms with Crippen molar-refractivity contribution in [1.29, 1.82) is 0 Å². The van der Waals surface area contributed by atoms with Crippen LogP contribution >= 0.6 is 27.3 Å². The molecule has 0 saturated carbocycles. The number of carbonyl (C=O) groups is 1. The monoisotopic (exact) mass is 317 g/mol. The van der Waals surface area contributed by atoms with Gasteiger partial charge in [0.2, 0.25) is 0 Å². The normalized spacial score (nSPS) is 20.7. The molecule has 1 aliphatic rings. The number of esters is 1. The van der Waals surface area contributed by atoms with Crippen LogP contribution in [0.1, 0.15) is 24.6 Å². The van der Waals surface area contributed by atoms with E-state index in [1.807, 2.05) is 6.92 Å². The van der Waals surface area contributed by atoms with Crippen molar-refractivity contribution in [2.45, 2.75) is 32.4 Å². The van der Waals surface area contributed by atoms with E-state index in [1.165, 1.54) is 4.88 Å². The Kier molecular flexibility index (Phi) is 4.59. The molecule has 1 aromatic heterocycles. The van der Waals surface area contributed by atoms with Gasteiger partial charge in [0.1, 0.15) is 6.04 Å². The van der Waals surface area contributed by atoms with Gasteiger partial charge in [-0.15, -0.1) is 11.3 Å². The lowest BCUT2D eigenvalue weighted by Crippen LogP contribution is -2.36. The average molecular weight is 318 g/mol. The number of nitrogens with zero attached hydrogens (tertiary/aromatic N) is 1. The first kappa shape index (κ1) is 13.1. The highest BCUT2D eigenvalue weighted by molar-refractivity contribution is 9.10. The lowest BCUT2D eigenvalue weighted by atomic mass is 10.2. The highest BCUT2D eigenvalue weighted by Gasteiger charge is 2.32.